The Labute approximate surface area is 80.7 Å². The van der Waals surface area contributed by atoms with Gasteiger partial charge in [-0.15, -0.1) is 0 Å². The van der Waals surface area contributed by atoms with Crippen LogP contribution in [0.5, 0.6) is 0 Å². The first kappa shape index (κ1) is 10.6. The third-order valence-electron chi connectivity index (χ3n) is 2.92. The zero-order valence-corrected chi connectivity index (χ0v) is 8.93. The van der Waals surface area contributed by atoms with Gasteiger partial charge in [0.05, 0.1) is 5.92 Å². The smallest absolute Gasteiger partial charge is 0.309 e. The van der Waals surface area contributed by atoms with Gasteiger partial charge in [-0.25, -0.2) is 0 Å². The Morgan fingerprint density at radius 3 is 2.38 bits per heavy atom. The Morgan fingerprint density at radius 2 is 1.92 bits per heavy atom. The Bertz CT molecular complexity index is 179. The molecule has 0 heterocycles. The van der Waals surface area contributed by atoms with E-state index in [1.807, 2.05) is 20.8 Å². The summed E-state index contributed by atoms with van der Waals surface area (Å²) in [6, 6.07) is 0. The van der Waals surface area contributed by atoms with Crippen LogP contribution in [0, 0.1) is 5.92 Å². The molecule has 2 nitrogen and oxygen atoms in total. The van der Waals surface area contributed by atoms with Gasteiger partial charge in [-0.3, -0.25) is 4.79 Å². The average molecular weight is 184 g/mol. The highest BCUT2D eigenvalue weighted by atomic mass is 16.6. The van der Waals surface area contributed by atoms with Crippen molar-refractivity contribution in [2.75, 3.05) is 0 Å². The molecule has 76 valence electrons. The SMILES string of the molecule is CCC(C)(C)OC(=O)C1CCCC1. The van der Waals surface area contributed by atoms with Gasteiger partial charge in [-0.2, -0.15) is 0 Å². The zero-order valence-electron chi connectivity index (χ0n) is 8.93. The van der Waals surface area contributed by atoms with Gasteiger partial charge >= 0.3 is 5.97 Å². The molecule has 0 aliphatic heterocycles. The van der Waals surface area contributed by atoms with Crippen molar-refractivity contribution < 1.29 is 9.53 Å². The van der Waals surface area contributed by atoms with Crippen LogP contribution in [0.3, 0.4) is 0 Å². The van der Waals surface area contributed by atoms with E-state index in [2.05, 4.69) is 0 Å². The van der Waals surface area contributed by atoms with Crippen LogP contribution in [-0.2, 0) is 9.53 Å². The molecule has 13 heavy (non-hydrogen) atoms. The molecule has 1 rings (SSSR count). The molecule has 1 aliphatic rings. The van der Waals surface area contributed by atoms with Crippen LogP contribution in [0.25, 0.3) is 0 Å². The summed E-state index contributed by atoms with van der Waals surface area (Å²) in [5, 5.41) is 0. The fraction of sp³-hybridized carbons (Fsp3) is 0.909. The van der Waals surface area contributed by atoms with E-state index in [0.29, 0.717) is 0 Å². The van der Waals surface area contributed by atoms with E-state index in [-0.39, 0.29) is 17.5 Å². The van der Waals surface area contributed by atoms with Crippen LogP contribution < -0.4 is 0 Å². The van der Waals surface area contributed by atoms with E-state index in [4.69, 9.17) is 4.74 Å². The van der Waals surface area contributed by atoms with Crippen molar-refractivity contribution in [3.63, 3.8) is 0 Å². The van der Waals surface area contributed by atoms with Crippen LogP contribution in [-0.4, -0.2) is 11.6 Å². The van der Waals surface area contributed by atoms with Crippen LogP contribution in [0.2, 0.25) is 0 Å². The maximum Gasteiger partial charge on any atom is 0.309 e. The second-order valence-electron chi connectivity index (χ2n) is 4.52. The predicted molar refractivity (Wildman–Crippen MR) is 52.4 cm³/mol. The standard InChI is InChI=1S/C11H20O2/c1-4-11(2,3)13-10(12)9-7-5-6-8-9/h9H,4-8H2,1-3H3. The first-order valence-corrected chi connectivity index (χ1v) is 5.28. The quantitative estimate of drug-likeness (QED) is 0.630. The molecule has 1 fully saturated rings. The monoisotopic (exact) mass is 184 g/mol. The third-order valence-corrected chi connectivity index (χ3v) is 2.92. The van der Waals surface area contributed by atoms with Crippen molar-refractivity contribution >= 4 is 5.97 Å². The molecule has 0 aromatic carbocycles. The highest BCUT2D eigenvalue weighted by Gasteiger charge is 2.28. The van der Waals surface area contributed by atoms with Crippen molar-refractivity contribution in [3.05, 3.63) is 0 Å². The fourth-order valence-electron chi connectivity index (χ4n) is 1.59. The zero-order chi connectivity index (χ0) is 9.90. The van der Waals surface area contributed by atoms with Gasteiger partial charge in [-0.1, -0.05) is 19.8 Å². The lowest BCUT2D eigenvalue weighted by molar-refractivity contribution is -0.161. The summed E-state index contributed by atoms with van der Waals surface area (Å²) >= 11 is 0. The molecule has 0 bridgehead atoms. The molecule has 0 saturated heterocycles. The van der Waals surface area contributed by atoms with Gasteiger partial charge in [0.15, 0.2) is 0 Å². The van der Waals surface area contributed by atoms with Crippen LogP contribution >= 0.6 is 0 Å². The lowest BCUT2D eigenvalue weighted by Crippen LogP contribution is -2.30. The lowest BCUT2D eigenvalue weighted by atomic mass is 10.1. The summed E-state index contributed by atoms with van der Waals surface area (Å²) in [7, 11) is 0. The molecule has 0 aromatic heterocycles. The molecule has 0 amide bonds. The summed E-state index contributed by atoms with van der Waals surface area (Å²) < 4.78 is 5.43. The maximum absolute atomic E-state index is 11.6. The predicted octanol–water partition coefficient (Wildman–Crippen LogP) is 2.91. The van der Waals surface area contributed by atoms with Crippen LogP contribution in [0.15, 0.2) is 0 Å². The van der Waals surface area contributed by atoms with Crippen LogP contribution in [0.1, 0.15) is 52.9 Å². The number of carbonyl (C=O) groups excluding carboxylic acids is 1. The molecule has 2 heteroatoms. The van der Waals surface area contributed by atoms with Crippen LogP contribution in [0.4, 0.5) is 0 Å². The number of ether oxygens (including phenoxy) is 1. The van der Waals surface area contributed by atoms with E-state index in [1.54, 1.807) is 0 Å². The summed E-state index contributed by atoms with van der Waals surface area (Å²) in [6.07, 6.45) is 5.31. The van der Waals surface area contributed by atoms with Gasteiger partial charge in [0, 0.05) is 0 Å². The second kappa shape index (κ2) is 4.12. The molecule has 0 radical (unpaired) electrons. The van der Waals surface area contributed by atoms with Gasteiger partial charge in [0.25, 0.3) is 0 Å². The average Bonchev–Trinajstić information content (AvgIpc) is 2.55. The molecule has 0 unspecified atom stereocenters. The Morgan fingerprint density at radius 1 is 1.38 bits per heavy atom. The molecular formula is C11H20O2. The molecule has 0 N–H and O–H groups in total. The minimum Gasteiger partial charge on any atom is -0.459 e. The van der Waals surface area contributed by atoms with Gasteiger partial charge in [0.2, 0.25) is 0 Å². The maximum atomic E-state index is 11.6. The minimum absolute atomic E-state index is 0.0179. The van der Waals surface area contributed by atoms with Crippen molar-refractivity contribution in [3.8, 4) is 0 Å². The molecular weight excluding hydrogens is 164 g/mol. The van der Waals surface area contributed by atoms with Gasteiger partial charge < -0.3 is 4.74 Å². The number of esters is 1. The molecule has 1 saturated carbocycles. The summed E-state index contributed by atoms with van der Waals surface area (Å²) in [5.74, 6) is 0.204. The van der Waals surface area contributed by atoms with Gasteiger partial charge in [0.1, 0.15) is 5.60 Å². The largest absolute Gasteiger partial charge is 0.459 e. The van der Waals surface area contributed by atoms with E-state index in [1.165, 1.54) is 12.8 Å². The third kappa shape index (κ3) is 3.02. The molecule has 0 atom stereocenters. The Hall–Kier alpha value is -0.530. The fourth-order valence-corrected chi connectivity index (χ4v) is 1.59. The van der Waals surface area contributed by atoms with Gasteiger partial charge in [-0.05, 0) is 33.1 Å². The molecule has 1 aliphatic carbocycles. The highest BCUT2D eigenvalue weighted by molar-refractivity contribution is 5.73. The summed E-state index contributed by atoms with van der Waals surface area (Å²) in [5.41, 5.74) is -0.278. The second-order valence-corrected chi connectivity index (χ2v) is 4.52. The summed E-state index contributed by atoms with van der Waals surface area (Å²) in [6.45, 7) is 5.99. The normalized spacial score (nSPS) is 19.0. The number of carbonyl (C=O) groups is 1. The van der Waals surface area contributed by atoms with E-state index >= 15 is 0 Å². The van der Waals surface area contributed by atoms with Crippen molar-refractivity contribution in [1.29, 1.82) is 0 Å². The Kier molecular flexibility index (Phi) is 3.34. The Balaban J connectivity index is 2.40. The molecule has 0 aromatic rings. The lowest BCUT2D eigenvalue weighted by Gasteiger charge is -2.25. The number of hydrogen-bond acceptors (Lipinski definition) is 2. The topological polar surface area (TPSA) is 26.3 Å². The van der Waals surface area contributed by atoms with Crippen molar-refractivity contribution in [2.45, 2.75) is 58.5 Å². The molecule has 0 spiro atoms. The van der Waals surface area contributed by atoms with E-state index in [0.717, 1.165) is 19.3 Å². The number of rotatable bonds is 3. The van der Waals surface area contributed by atoms with Crippen molar-refractivity contribution in [2.24, 2.45) is 5.92 Å². The number of hydrogen-bond donors (Lipinski definition) is 0. The first-order chi connectivity index (χ1) is 6.05. The minimum atomic E-state index is -0.278. The summed E-state index contributed by atoms with van der Waals surface area (Å²) in [4.78, 5) is 11.6. The van der Waals surface area contributed by atoms with Crippen molar-refractivity contribution in [1.82, 2.24) is 0 Å². The highest BCUT2D eigenvalue weighted by Crippen LogP contribution is 2.28. The van der Waals surface area contributed by atoms with E-state index in [9.17, 15) is 4.79 Å². The first-order valence-electron chi connectivity index (χ1n) is 5.28. The van der Waals surface area contributed by atoms with E-state index < -0.39 is 0 Å².